The van der Waals surface area contributed by atoms with E-state index in [0.29, 0.717) is 0 Å². The van der Waals surface area contributed by atoms with Crippen molar-refractivity contribution < 1.29 is 19.8 Å². The minimum atomic E-state index is -1.44. The van der Waals surface area contributed by atoms with Crippen molar-refractivity contribution in [3.05, 3.63) is 0 Å². The molecule has 1 unspecified atom stereocenters. The predicted molar refractivity (Wildman–Crippen MR) is 61.2 cm³/mol. The second-order valence-electron chi connectivity index (χ2n) is 5.22. The Kier molecular flexibility index (Phi) is 4.70. The Balaban J connectivity index is 5.72. The van der Waals surface area contributed by atoms with Gasteiger partial charge in [-0.25, -0.2) is 0 Å². The smallest absolute Gasteiger partial charge is 0.311 e. The predicted octanol–water partition coefficient (Wildman–Crippen LogP) is 2.13. The zero-order valence-electron chi connectivity index (χ0n) is 10.6. The molecule has 0 spiro atoms. The number of nitrogens with zero attached hydrogens (tertiary/aromatic N) is 1. The van der Waals surface area contributed by atoms with Gasteiger partial charge in [-0.15, -0.1) is 0 Å². The van der Waals surface area contributed by atoms with Crippen LogP contribution >= 0.6 is 0 Å². The van der Waals surface area contributed by atoms with Gasteiger partial charge in [0.15, 0.2) is 0 Å². The third-order valence-electron chi connectivity index (χ3n) is 3.53. The van der Waals surface area contributed by atoms with Crippen molar-refractivity contribution in [1.29, 1.82) is 5.26 Å². The van der Waals surface area contributed by atoms with Crippen LogP contribution in [0.5, 0.6) is 0 Å². The van der Waals surface area contributed by atoms with Crippen molar-refractivity contribution in [3.8, 4) is 6.07 Å². The van der Waals surface area contributed by atoms with Gasteiger partial charge in [0, 0.05) is 6.42 Å². The zero-order chi connectivity index (χ0) is 13.9. The SMILES string of the molecule is CC(C)C(CC(=O)O)(C(=O)O)C(C)(C)CC#N. The molecule has 0 aliphatic heterocycles. The number of aliphatic carboxylic acids is 2. The summed E-state index contributed by atoms with van der Waals surface area (Å²) in [6.07, 6.45) is -0.473. The lowest BCUT2D eigenvalue weighted by Gasteiger charge is -2.44. The Morgan fingerprint density at radius 3 is 2.00 bits per heavy atom. The number of hydrogen-bond acceptors (Lipinski definition) is 3. The van der Waals surface area contributed by atoms with E-state index in [1.807, 2.05) is 6.07 Å². The third-order valence-corrected chi connectivity index (χ3v) is 3.53. The second-order valence-corrected chi connectivity index (χ2v) is 5.22. The summed E-state index contributed by atoms with van der Waals surface area (Å²) in [4.78, 5) is 22.5. The highest BCUT2D eigenvalue weighted by Gasteiger charge is 2.54. The van der Waals surface area contributed by atoms with E-state index < -0.39 is 29.2 Å². The first-order chi connectivity index (χ1) is 7.61. The largest absolute Gasteiger partial charge is 0.481 e. The molecular weight excluding hydrogens is 222 g/mol. The van der Waals surface area contributed by atoms with Crippen molar-refractivity contribution in [2.75, 3.05) is 0 Å². The molecule has 0 fully saturated rings. The minimum absolute atomic E-state index is 0.00472. The molecule has 5 heteroatoms. The number of carbonyl (C=O) groups is 2. The lowest BCUT2D eigenvalue weighted by molar-refractivity contribution is -0.169. The second kappa shape index (κ2) is 5.17. The van der Waals surface area contributed by atoms with Gasteiger partial charge in [-0.3, -0.25) is 9.59 Å². The molecule has 2 N–H and O–H groups in total. The maximum atomic E-state index is 11.5. The molecule has 5 nitrogen and oxygen atoms in total. The van der Waals surface area contributed by atoms with Crippen LogP contribution in [0.4, 0.5) is 0 Å². The molecule has 0 aromatic carbocycles. The van der Waals surface area contributed by atoms with Crippen LogP contribution in [-0.4, -0.2) is 22.2 Å². The Morgan fingerprint density at radius 2 is 1.76 bits per heavy atom. The fourth-order valence-electron chi connectivity index (χ4n) is 2.43. The topological polar surface area (TPSA) is 98.4 Å². The van der Waals surface area contributed by atoms with Crippen molar-refractivity contribution in [2.45, 2.75) is 40.5 Å². The molecule has 0 radical (unpaired) electrons. The summed E-state index contributed by atoms with van der Waals surface area (Å²) in [5.41, 5.74) is -2.34. The van der Waals surface area contributed by atoms with Gasteiger partial charge in [0.05, 0.1) is 17.9 Å². The van der Waals surface area contributed by atoms with E-state index in [4.69, 9.17) is 10.4 Å². The molecule has 0 saturated heterocycles. The molecule has 96 valence electrons. The number of carboxylic acids is 2. The first kappa shape index (κ1) is 15.4. The van der Waals surface area contributed by atoms with E-state index in [1.165, 1.54) is 0 Å². The van der Waals surface area contributed by atoms with Gasteiger partial charge < -0.3 is 10.2 Å². The normalized spacial score (nSPS) is 15.1. The minimum Gasteiger partial charge on any atom is -0.481 e. The number of carboxylic acid groups (broad SMARTS) is 2. The van der Waals surface area contributed by atoms with E-state index in [0.717, 1.165) is 0 Å². The third kappa shape index (κ3) is 2.76. The first-order valence-electron chi connectivity index (χ1n) is 5.44. The molecule has 0 aromatic heterocycles. The van der Waals surface area contributed by atoms with Crippen LogP contribution in [0.3, 0.4) is 0 Å². The fourth-order valence-corrected chi connectivity index (χ4v) is 2.43. The molecule has 0 aromatic rings. The van der Waals surface area contributed by atoms with Crippen LogP contribution in [0.1, 0.15) is 40.5 Å². The Morgan fingerprint density at radius 1 is 1.29 bits per heavy atom. The van der Waals surface area contributed by atoms with Crippen LogP contribution < -0.4 is 0 Å². The number of nitriles is 1. The summed E-state index contributed by atoms with van der Waals surface area (Å²) >= 11 is 0. The number of rotatable bonds is 6. The van der Waals surface area contributed by atoms with Crippen LogP contribution in [-0.2, 0) is 9.59 Å². The van der Waals surface area contributed by atoms with Gasteiger partial charge >= 0.3 is 11.9 Å². The summed E-state index contributed by atoms with van der Waals surface area (Å²) in [5.74, 6) is -2.69. The van der Waals surface area contributed by atoms with E-state index >= 15 is 0 Å². The van der Waals surface area contributed by atoms with Crippen LogP contribution in [0.25, 0.3) is 0 Å². The standard InChI is InChI=1S/C12H19NO4/c1-8(2)12(10(16)17,7-9(14)15)11(3,4)5-6-13/h8H,5,7H2,1-4H3,(H,14,15)(H,16,17). The zero-order valence-corrected chi connectivity index (χ0v) is 10.6. The molecule has 0 saturated carbocycles. The van der Waals surface area contributed by atoms with Gasteiger partial charge in [0.25, 0.3) is 0 Å². The van der Waals surface area contributed by atoms with Crippen molar-refractivity contribution in [1.82, 2.24) is 0 Å². The van der Waals surface area contributed by atoms with E-state index in [1.54, 1.807) is 27.7 Å². The van der Waals surface area contributed by atoms with Gasteiger partial charge in [-0.2, -0.15) is 5.26 Å². The summed E-state index contributed by atoms with van der Waals surface area (Å²) in [6.45, 7) is 6.62. The molecule has 1 atom stereocenters. The molecule has 0 amide bonds. The molecule has 0 rings (SSSR count). The molecular formula is C12H19NO4. The Labute approximate surface area is 101 Å². The monoisotopic (exact) mass is 241 g/mol. The van der Waals surface area contributed by atoms with E-state index in [2.05, 4.69) is 0 Å². The number of hydrogen-bond donors (Lipinski definition) is 2. The maximum Gasteiger partial charge on any atom is 0.311 e. The average molecular weight is 241 g/mol. The average Bonchev–Trinajstić information content (AvgIpc) is 2.11. The van der Waals surface area contributed by atoms with Gasteiger partial charge in [-0.1, -0.05) is 27.7 Å². The van der Waals surface area contributed by atoms with Crippen molar-refractivity contribution >= 4 is 11.9 Å². The highest BCUT2D eigenvalue weighted by Crippen LogP contribution is 2.50. The van der Waals surface area contributed by atoms with Crippen molar-refractivity contribution in [2.24, 2.45) is 16.7 Å². The summed E-state index contributed by atoms with van der Waals surface area (Å²) < 4.78 is 0. The lowest BCUT2D eigenvalue weighted by atomic mass is 9.57. The first-order valence-corrected chi connectivity index (χ1v) is 5.44. The molecule has 0 heterocycles. The Bertz CT molecular complexity index is 354. The summed E-state index contributed by atoms with van der Waals surface area (Å²) in [5, 5.41) is 27.1. The molecule has 0 aliphatic carbocycles. The van der Waals surface area contributed by atoms with Gasteiger partial charge in [0.1, 0.15) is 0 Å². The van der Waals surface area contributed by atoms with Crippen LogP contribution in [0.15, 0.2) is 0 Å². The highest BCUT2D eigenvalue weighted by atomic mass is 16.4. The van der Waals surface area contributed by atoms with Crippen LogP contribution in [0.2, 0.25) is 0 Å². The highest BCUT2D eigenvalue weighted by molar-refractivity contribution is 5.82. The quantitative estimate of drug-likeness (QED) is 0.742. The molecule has 17 heavy (non-hydrogen) atoms. The van der Waals surface area contributed by atoms with Crippen LogP contribution in [0, 0.1) is 28.1 Å². The summed E-state index contributed by atoms with van der Waals surface area (Å²) in [7, 11) is 0. The van der Waals surface area contributed by atoms with Crippen molar-refractivity contribution in [3.63, 3.8) is 0 Å². The maximum absolute atomic E-state index is 11.5. The lowest BCUT2D eigenvalue weighted by Crippen LogP contribution is -2.50. The fraction of sp³-hybridized carbons (Fsp3) is 0.750. The molecule has 0 aliphatic rings. The summed E-state index contributed by atoms with van der Waals surface area (Å²) in [6, 6.07) is 1.94. The van der Waals surface area contributed by atoms with E-state index in [9.17, 15) is 14.7 Å². The Hall–Kier alpha value is -1.57. The van der Waals surface area contributed by atoms with E-state index in [-0.39, 0.29) is 12.3 Å². The molecule has 0 bridgehead atoms. The van der Waals surface area contributed by atoms with Gasteiger partial charge in [0.2, 0.25) is 0 Å². The van der Waals surface area contributed by atoms with Gasteiger partial charge in [-0.05, 0) is 11.3 Å².